The maximum Gasteiger partial charge on any atom is 0.295 e. The number of aliphatic hydroxyl groups is 1. The molecule has 2 heterocycles. The lowest BCUT2D eigenvalue weighted by atomic mass is 9.94. The second-order valence-electron chi connectivity index (χ2n) is 7.40. The highest BCUT2D eigenvalue weighted by Crippen LogP contribution is 2.42. The van der Waals surface area contributed by atoms with Crippen LogP contribution < -0.4 is 9.47 Å². The number of ketones is 1. The summed E-state index contributed by atoms with van der Waals surface area (Å²) < 4.78 is 24.2. The molecule has 1 aliphatic rings. The molecule has 1 fully saturated rings. The highest BCUT2D eigenvalue weighted by atomic mass is 19.1. The van der Waals surface area contributed by atoms with Gasteiger partial charge in [-0.15, -0.1) is 0 Å². The van der Waals surface area contributed by atoms with Crippen LogP contribution in [0.1, 0.15) is 22.7 Å². The third-order valence-electron chi connectivity index (χ3n) is 5.49. The molecule has 0 bridgehead atoms. The van der Waals surface area contributed by atoms with Gasteiger partial charge in [-0.3, -0.25) is 14.6 Å². The van der Waals surface area contributed by atoms with Gasteiger partial charge in [0, 0.05) is 18.9 Å². The van der Waals surface area contributed by atoms with Crippen LogP contribution in [0.15, 0.2) is 72.6 Å². The summed E-state index contributed by atoms with van der Waals surface area (Å²) in [6, 6.07) is 12.7. The molecule has 8 heteroatoms. The second-order valence-corrected chi connectivity index (χ2v) is 7.40. The van der Waals surface area contributed by atoms with E-state index in [-0.39, 0.29) is 17.7 Å². The number of nitrogens with zero attached hydrogens (tertiary/aromatic N) is 2. The molecule has 1 N–H and O–H groups in total. The lowest BCUT2D eigenvalue weighted by Gasteiger charge is -2.25. The van der Waals surface area contributed by atoms with Gasteiger partial charge < -0.3 is 19.5 Å². The number of benzene rings is 2. The third-order valence-corrected chi connectivity index (χ3v) is 5.49. The molecule has 0 radical (unpaired) electrons. The Morgan fingerprint density at radius 2 is 1.73 bits per heavy atom. The van der Waals surface area contributed by atoms with Gasteiger partial charge in [0.25, 0.3) is 11.7 Å². The van der Waals surface area contributed by atoms with Crippen molar-refractivity contribution >= 4 is 17.4 Å². The minimum atomic E-state index is -0.935. The summed E-state index contributed by atoms with van der Waals surface area (Å²) in [5.41, 5.74) is 1.31. The van der Waals surface area contributed by atoms with Crippen LogP contribution in [0.25, 0.3) is 5.76 Å². The van der Waals surface area contributed by atoms with Crippen LogP contribution in [-0.2, 0) is 16.1 Å². The van der Waals surface area contributed by atoms with Crippen molar-refractivity contribution in [2.45, 2.75) is 12.6 Å². The van der Waals surface area contributed by atoms with Crippen molar-refractivity contribution < 1.29 is 28.6 Å². The van der Waals surface area contributed by atoms with Gasteiger partial charge in [0.15, 0.2) is 0 Å². The molecular weight excluding hydrogens is 427 g/mol. The molecule has 1 atom stereocenters. The summed E-state index contributed by atoms with van der Waals surface area (Å²) in [4.78, 5) is 31.5. The van der Waals surface area contributed by atoms with Crippen molar-refractivity contribution in [2.75, 3.05) is 14.2 Å². The third kappa shape index (κ3) is 4.15. The van der Waals surface area contributed by atoms with E-state index >= 15 is 0 Å². The average Bonchev–Trinajstić information content (AvgIpc) is 3.09. The molecule has 1 saturated heterocycles. The van der Waals surface area contributed by atoms with Gasteiger partial charge in [0.2, 0.25) is 0 Å². The van der Waals surface area contributed by atoms with Gasteiger partial charge in [0.05, 0.1) is 31.4 Å². The van der Waals surface area contributed by atoms with E-state index in [2.05, 4.69) is 4.98 Å². The Balaban J connectivity index is 1.91. The number of halogens is 1. The van der Waals surface area contributed by atoms with Crippen LogP contribution in [0.3, 0.4) is 0 Å². The van der Waals surface area contributed by atoms with E-state index in [1.54, 1.807) is 36.7 Å². The quantitative estimate of drug-likeness (QED) is 0.350. The summed E-state index contributed by atoms with van der Waals surface area (Å²) in [5.74, 6) is -1.76. The van der Waals surface area contributed by atoms with Crippen molar-refractivity contribution in [3.05, 3.63) is 95.1 Å². The number of amides is 1. The first-order valence-electron chi connectivity index (χ1n) is 10.1. The Labute approximate surface area is 189 Å². The number of hydrogen-bond donors (Lipinski definition) is 1. The number of carbonyl (C=O) groups is 2. The number of carbonyl (C=O) groups excluding carboxylic acids is 2. The van der Waals surface area contributed by atoms with Gasteiger partial charge in [-0.1, -0.05) is 12.1 Å². The number of ether oxygens (including phenoxy) is 2. The highest BCUT2D eigenvalue weighted by molar-refractivity contribution is 6.46. The SMILES string of the molecule is COc1ccc(OC)c(/C(O)=C2\C(=O)C(=O)N(Cc3ccncc3)C2c2ccc(F)cc2)c1. The molecule has 7 nitrogen and oxygen atoms in total. The molecule has 0 saturated carbocycles. The standard InChI is InChI=1S/C25H21FN2O5/c1-32-18-7-8-20(33-2)19(13-18)23(29)21-22(16-3-5-17(26)6-4-16)28(25(31)24(21)30)14-15-9-11-27-12-10-15/h3-13,22,29H,14H2,1-2H3/b23-21+. The molecule has 2 aromatic carbocycles. The van der Waals surface area contributed by atoms with Gasteiger partial charge in [-0.05, 0) is 53.6 Å². The highest BCUT2D eigenvalue weighted by Gasteiger charge is 2.46. The van der Waals surface area contributed by atoms with Crippen LogP contribution in [0, 0.1) is 5.82 Å². The number of hydrogen-bond acceptors (Lipinski definition) is 6. The monoisotopic (exact) mass is 448 g/mol. The first-order valence-corrected chi connectivity index (χ1v) is 10.1. The summed E-state index contributed by atoms with van der Waals surface area (Å²) >= 11 is 0. The Kier molecular flexibility index (Phi) is 6.08. The molecule has 4 rings (SSSR count). The van der Waals surface area contributed by atoms with Gasteiger partial charge in [-0.2, -0.15) is 0 Å². The van der Waals surface area contributed by atoms with Crippen molar-refractivity contribution in [1.82, 2.24) is 9.88 Å². The maximum absolute atomic E-state index is 13.6. The lowest BCUT2D eigenvalue weighted by Crippen LogP contribution is -2.29. The van der Waals surface area contributed by atoms with Crippen molar-refractivity contribution in [3.63, 3.8) is 0 Å². The molecule has 0 aliphatic carbocycles. The number of pyridine rings is 1. The Morgan fingerprint density at radius 3 is 2.36 bits per heavy atom. The van der Waals surface area contributed by atoms with E-state index in [0.717, 1.165) is 5.56 Å². The molecule has 1 aliphatic heterocycles. The van der Waals surface area contributed by atoms with Gasteiger partial charge in [0.1, 0.15) is 23.1 Å². The first-order chi connectivity index (χ1) is 15.9. The summed E-state index contributed by atoms with van der Waals surface area (Å²) in [6.45, 7) is 0.0984. The zero-order valence-electron chi connectivity index (χ0n) is 18.0. The van der Waals surface area contributed by atoms with Crippen LogP contribution in [0.5, 0.6) is 11.5 Å². The molecule has 168 valence electrons. The van der Waals surface area contributed by atoms with E-state index in [1.165, 1.54) is 49.5 Å². The topological polar surface area (TPSA) is 89.0 Å². The number of aliphatic hydroxyl groups excluding tert-OH is 1. The normalized spacial score (nSPS) is 17.3. The molecule has 1 aromatic heterocycles. The molecular formula is C25H21FN2O5. The van der Waals surface area contributed by atoms with Gasteiger partial charge in [-0.25, -0.2) is 4.39 Å². The predicted molar refractivity (Wildman–Crippen MR) is 118 cm³/mol. The number of likely N-dealkylation sites (tertiary alicyclic amines) is 1. The molecule has 1 unspecified atom stereocenters. The van der Waals surface area contributed by atoms with E-state index in [1.807, 2.05) is 0 Å². The summed E-state index contributed by atoms with van der Waals surface area (Å²) in [5, 5.41) is 11.3. The number of rotatable bonds is 6. The first kappa shape index (κ1) is 22.0. The van der Waals surface area contributed by atoms with E-state index in [0.29, 0.717) is 17.1 Å². The fourth-order valence-electron chi connectivity index (χ4n) is 3.86. The Hall–Kier alpha value is -4.20. The molecule has 3 aromatic rings. The van der Waals surface area contributed by atoms with Crippen LogP contribution >= 0.6 is 0 Å². The molecule has 1 amide bonds. The second kappa shape index (κ2) is 9.12. The Morgan fingerprint density at radius 1 is 1.03 bits per heavy atom. The summed E-state index contributed by atoms with van der Waals surface area (Å²) in [6.07, 6.45) is 3.17. The van der Waals surface area contributed by atoms with E-state index in [4.69, 9.17) is 9.47 Å². The number of methoxy groups -OCH3 is 2. The smallest absolute Gasteiger partial charge is 0.295 e. The maximum atomic E-state index is 13.6. The van der Waals surface area contributed by atoms with Crippen LogP contribution in [0.4, 0.5) is 4.39 Å². The minimum absolute atomic E-state index is 0.0984. The number of Topliss-reactive ketones (excluding diaryl/α,β-unsaturated/α-hetero) is 1. The average molecular weight is 448 g/mol. The Bertz CT molecular complexity index is 1230. The van der Waals surface area contributed by atoms with Crippen LogP contribution in [-0.4, -0.2) is 40.9 Å². The largest absolute Gasteiger partial charge is 0.507 e. The lowest BCUT2D eigenvalue weighted by molar-refractivity contribution is -0.140. The zero-order chi connectivity index (χ0) is 23.5. The minimum Gasteiger partial charge on any atom is -0.507 e. The van der Waals surface area contributed by atoms with Crippen LogP contribution in [0.2, 0.25) is 0 Å². The fraction of sp³-hybridized carbons (Fsp3) is 0.160. The molecule has 33 heavy (non-hydrogen) atoms. The predicted octanol–water partition coefficient (Wildman–Crippen LogP) is 3.86. The number of aromatic nitrogens is 1. The van der Waals surface area contributed by atoms with Crippen molar-refractivity contribution in [1.29, 1.82) is 0 Å². The van der Waals surface area contributed by atoms with E-state index in [9.17, 15) is 19.1 Å². The zero-order valence-corrected chi connectivity index (χ0v) is 18.0. The van der Waals surface area contributed by atoms with Crippen molar-refractivity contribution in [2.24, 2.45) is 0 Å². The summed E-state index contributed by atoms with van der Waals surface area (Å²) in [7, 11) is 2.90. The van der Waals surface area contributed by atoms with Gasteiger partial charge >= 0.3 is 0 Å². The molecule has 0 spiro atoms. The van der Waals surface area contributed by atoms with Crippen molar-refractivity contribution in [3.8, 4) is 11.5 Å². The van der Waals surface area contributed by atoms with E-state index < -0.39 is 29.3 Å². The fourth-order valence-corrected chi connectivity index (χ4v) is 3.86.